The van der Waals surface area contributed by atoms with Gasteiger partial charge >= 0.3 is 0 Å². The third kappa shape index (κ3) is 6.12. The molecule has 2 aromatic heterocycles. The van der Waals surface area contributed by atoms with Gasteiger partial charge in [-0.1, -0.05) is 115 Å². The summed E-state index contributed by atoms with van der Waals surface area (Å²) in [6.07, 6.45) is 0. The average molecular weight is 780 g/mol. The van der Waals surface area contributed by atoms with Gasteiger partial charge in [0.05, 0.1) is 11.0 Å². The van der Waals surface area contributed by atoms with Crippen LogP contribution >= 0.6 is 0 Å². The molecule has 2 heterocycles. The van der Waals surface area contributed by atoms with E-state index in [9.17, 15) is 0 Å². The summed E-state index contributed by atoms with van der Waals surface area (Å²) in [5, 5.41) is 7.41. The molecule has 0 atom stereocenters. The van der Waals surface area contributed by atoms with Gasteiger partial charge in [0.1, 0.15) is 5.52 Å². The number of para-hydroxylation sites is 3. The van der Waals surface area contributed by atoms with E-state index in [1.165, 1.54) is 54.6 Å². The van der Waals surface area contributed by atoms with Crippen LogP contribution in [0.4, 0.5) is 17.1 Å². The van der Waals surface area contributed by atoms with Crippen molar-refractivity contribution in [3.8, 4) is 39.4 Å². The largest absolute Gasteiger partial charge is 0.436 e. The van der Waals surface area contributed by atoms with Gasteiger partial charge in [-0.05, 0) is 153 Å². The molecule has 0 fully saturated rings. The van der Waals surface area contributed by atoms with Crippen LogP contribution in [0.5, 0.6) is 0 Å². The van der Waals surface area contributed by atoms with Crippen LogP contribution in [0.15, 0.2) is 229 Å². The minimum absolute atomic E-state index is 0.614. The molecule has 4 heteroatoms. The number of benzene rings is 10. The molecule has 0 saturated carbocycles. The molecule has 12 rings (SSSR count). The third-order valence-electron chi connectivity index (χ3n) is 12.0. The van der Waals surface area contributed by atoms with Gasteiger partial charge in [-0.25, -0.2) is 4.98 Å². The molecular weight excluding hydrogens is 743 g/mol. The van der Waals surface area contributed by atoms with E-state index in [0.717, 1.165) is 50.4 Å². The first kappa shape index (κ1) is 34.8. The minimum Gasteiger partial charge on any atom is -0.436 e. The summed E-state index contributed by atoms with van der Waals surface area (Å²) in [6, 6.07) is 80.3. The first-order chi connectivity index (χ1) is 30.2. The van der Waals surface area contributed by atoms with Crippen molar-refractivity contribution < 1.29 is 4.42 Å². The lowest BCUT2D eigenvalue weighted by atomic mass is 9.98. The number of fused-ring (bicyclic) bond motifs is 6. The van der Waals surface area contributed by atoms with Gasteiger partial charge in [-0.3, -0.25) is 0 Å². The summed E-state index contributed by atoms with van der Waals surface area (Å²) in [6.45, 7) is 0. The normalized spacial score (nSPS) is 11.6. The monoisotopic (exact) mass is 779 g/mol. The Morgan fingerprint density at radius 3 is 1.41 bits per heavy atom. The van der Waals surface area contributed by atoms with E-state index in [2.05, 4.69) is 210 Å². The van der Waals surface area contributed by atoms with E-state index >= 15 is 0 Å². The number of aromatic nitrogens is 2. The maximum absolute atomic E-state index is 6.10. The molecule has 0 saturated heterocycles. The minimum atomic E-state index is 0.614. The molecule has 286 valence electrons. The molecule has 0 aliphatic rings. The number of rotatable bonds is 7. The van der Waals surface area contributed by atoms with Crippen molar-refractivity contribution in [2.45, 2.75) is 0 Å². The Balaban J connectivity index is 0.971. The van der Waals surface area contributed by atoms with Crippen LogP contribution in [0.3, 0.4) is 0 Å². The first-order valence-corrected chi connectivity index (χ1v) is 20.7. The SMILES string of the molecule is c1ccc(N(c2ccc(-c3nc4ccccc4o3)cc2)c2ccc(-n3c4ccc(-c5ccc6ccccc6c5)cc4c4cc(-c5ccc6ccccc6c5)ccc43)cc2)cc1. The second kappa shape index (κ2) is 14.3. The van der Waals surface area contributed by atoms with E-state index in [4.69, 9.17) is 9.40 Å². The molecule has 0 spiro atoms. The highest BCUT2D eigenvalue weighted by atomic mass is 16.3. The van der Waals surface area contributed by atoms with Crippen LogP contribution in [0, 0.1) is 0 Å². The summed E-state index contributed by atoms with van der Waals surface area (Å²) in [5.74, 6) is 0.614. The number of anilines is 3. The Bertz CT molecular complexity index is 3410. The van der Waals surface area contributed by atoms with E-state index in [1.807, 2.05) is 24.3 Å². The number of hydrogen-bond donors (Lipinski definition) is 0. The molecule has 0 aliphatic carbocycles. The predicted octanol–water partition coefficient (Wildman–Crippen LogP) is 15.7. The van der Waals surface area contributed by atoms with Crippen LogP contribution in [0.2, 0.25) is 0 Å². The van der Waals surface area contributed by atoms with Crippen molar-refractivity contribution in [1.29, 1.82) is 0 Å². The molecule has 61 heavy (non-hydrogen) atoms. The smallest absolute Gasteiger partial charge is 0.227 e. The summed E-state index contributed by atoms with van der Waals surface area (Å²) in [7, 11) is 0. The molecule has 4 nitrogen and oxygen atoms in total. The molecule has 0 radical (unpaired) electrons. The van der Waals surface area contributed by atoms with E-state index < -0.39 is 0 Å². The van der Waals surface area contributed by atoms with Crippen molar-refractivity contribution in [3.05, 3.63) is 224 Å². The fraction of sp³-hybridized carbons (Fsp3) is 0. The van der Waals surface area contributed by atoms with Crippen LogP contribution in [0.25, 0.3) is 93.8 Å². The lowest BCUT2D eigenvalue weighted by Crippen LogP contribution is -2.10. The number of oxazole rings is 1. The lowest BCUT2D eigenvalue weighted by molar-refractivity contribution is 0.620. The van der Waals surface area contributed by atoms with Crippen molar-refractivity contribution in [2.24, 2.45) is 0 Å². The van der Waals surface area contributed by atoms with Gasteiger partial charge in [-0.15, -0.1) is 0 Å². The third-order valence-corrected chi connectivity index (χ3v) is 12.0. The highest BCUT2D eigenvalue weighted by molar-refractivity contribution is 6.12. The van der Waals surface area contributed by atoms with E-state index in [0.29, 0.717) is 5.89 Å². The van der Waals surface area contributed by atoms with Crippen molar-refractivity contribution in [3.63, 3.8) is 0 Å². The standard InChI is InChI=1S/C57H37N3O/c1-2-14-47(15-3-1)59(48-26-22-40(23-27-48)57-58-53-16-8-9-17-56(53)61-57)49-28-30-50(31-29-49)60-54-32-24-45(43-20-18-38-10-4-6-12-41(38)34-43)36-51(54)52-37-46(25-33-55(52)60)44-21-19-39-11-5-7-13-42(39)35-44/h1-37H. The van der Waals surface area contributed by atoms with Gasteiger partial charge in [0.15, 0.2) is 5.58 Å². The molecule has 0 bridgehead atoms. The van der Waals surface area contributed by atoms with Gasteiger partial charge in [0, 0.05) is 39.1 Å². The van der Waals surface area contributed by atoms with Gasteiger partial charge in [-0.2, -0.15) is 0 Å². The molecule has 0 unspecified atom stereocenters. The molecular formula is C57H37N3O. The highest BCUT2D eigenvalue weighted by Crippen LogP contribution is 2.40. The molecule has 0 amide bonds. The Hall–Kier alpha value is -8.21. The maximum Gasteiger partial charge on any atom is 0.227 e. The van der Waals surface area contributed by atoms with Gasteiger partial charge in [0.25, 0.3) is 0 Å². The van der Waals surface area contributed by atoms with Crippen LogP contribution in [0.1, 0.15) is 0 Å². The quantitative estimate of drug-likeness (QED) is 0.162. The van der Waals surface area contributed by atoms with E-state index in [-0.39, 0.29) is 0 Å². The molecule has 0 N–H and O–H groups in total. The maximum atomic E-state index is 6.10. The van der Waals surface area contributed by atoms with Gasteiger partial charge in [0.2, 0.25) is 5.89 Å². The number of hydrogen-bond acceptors (Lipinski definition) is 3. The summed E-state index contributed by atoms with van der Waals surface area (Å²) >= 11 is 0. The fourth-order valence-corrected chi connectivity index (χ4v) is 8.92. The summed E-state index contributed by atoms with van der Waals surface area (Å²) < 4.78 is 8.50. The zero-order chi connectivity index (χ0) is 40.3. The Morgan fingerprint density at radius 1 is 0.361 bits per heavy atom. The molecule has 12 aromatic rings. The fourth-order valence-electron chi connectivity index (χ4n) is 8.92. The molecule has 0 aliphatic heterocycles. The van der Waals surface area contributed by atoms with E-state index in [1.54, 1.807) is 0 Å². The number of nitrogens with zero attached hydrogens (tertiary/aromatic N) is 3. The zero-order valence-electron chi connectivity index (χ0n) is 33.1. The summed E-state index contributed by atoms with van der Waals surface area (Å²) in [5.41, 5.74) is 14.0. The second-order valence-electron chi connectivity index (χ2n) is 15.6. The first-order valence-electron chi connectivity index (χ1n) is 20.7. The highest BCUT2D eigenvalue weighted by Gasteiger charge is 2.18. The Kier molecular flexibility index (Phi) is 8.13. The molecule has 10 aromatic carbocycles. The predicted molar refractivity (Wildman–Crippen MR) is 254 cm³/mol. The second-order valence-corrected chi connectivity index (χ2v) is 15.6. The van der Waals surface area contributed by atoms with Crippen LogP contribution in [-0.4, -0.2) is 9.55 Å². The van der Waals surface area contributed by atoms with Crippen molar-refractivity contribution >= 4 is 71.5 Å². The Labute approximate surface area is 352 Å². The lowest BCUT2D eigenvalue weighted by Gasteiger charge is -2.26. The Morgan fingerprint density at radius 2 is 0.820 bits per heavy atom. The zero-order valence-corrected chi connectivity index (χ0v) is 33.1. The van der Waals surface area contributed by atoms with Gasteiger partial charge < -0.3 is 13.9 Å². The van der Waals surface area contributed by atoms with Crippen LogP contribution in [-0.2, 0) is 0 Å². The van der Waals surface area contributed by atoms with Crippen molar-refractivity contribution in [1.82, 2.24) is 9.55 Å². The van der Waals surface area contributed by atoms with Crippen LogP contribution < -0.4 is 4.90 Å². The summed E-state index contributed by atoms with van der Waals surface area (Å²) in [4.78, 5) is 7.02. The topological polar surface area (TPSA) is 34.2 Å². The van der Waals surface area contributed by atoms with Crippen molar-refractivity contribution in [2.75, 3.05) is 4.90 Å². The average Bonchev–Trinajstić information content (AvgIpc) is 3.91.